The largest absolute Gasteiger partial charge is 0.476 e. The summed E-state index contributed by atoms with van der Waals surface area (Å²) < 4.78 is 12.6. The molecule has 1 aromatic rings. The molecule has 0 aromatic heterocycles. The van der Waals surface area contributed by atoms with Gasteiger partial charge in [-0.1, -0.05) is 17.7 Å². The first-order valence-electron chi connectivity index (χ1n) is 9.54. The normalized spacial score (nSPS) is 32.5. The number of ether oxygens (including phenoxy) is 2. The van der Waals surface area contributed by atoms with Gasteiger partial charge < -0.3 is 9.47 Å². The van der Waals surface area contributed by atoms with E-state index in [9.17, 15) is 4.79 Å². The van der Waals surface area contributed by atoms with Crippen LogP contribution in [-0.4, -0.2) is 17.6 Å². The van der Waals surface area contributed by atoms with Gasteiger partial charge in [-0.3, -0.25) is 0 Å². The van der Waals surface area contributed by atoms with Crippen LogP contribution >= 0.6 is 34.2 Å². The van der Waals surface area contributed by atoms with Crippen molar-refractivity contribution < 1.29 is 14.3 Å². The molecule has 4 saturated carbocycles. The van der Waals surface area contributed by atoms with Gasteiger partial charge in [-0.15, -0.1) is 0 Å². The molecule has 3 nitrogen and oxygen atoms in total. The molecule has 1 aromatic carbocycles. The topological polar surface area (TPSA) is 35.5 Å². The molecule has 0 aliphatic heterocycles. The van der Waals surface area contributed by atoms with Gasteiger partial charge in [0.25, 0.3) is 0 Å². The first-order valence-corrected chi connectivity index (χ1v) is 11.2. The standard InChI is InChI=1S/C21H26ClIO3/c1-20(2,21-9-13-6-14(10-21)8-15(7-13)11-21)26-19(24)16-4-3-5-17(23)18(16)25-12-22/h3-5,13-15H,6-12H2,1-2H3. The van der Waals surface area contributed by atoms with Crippen LogP contribution in [0.15, 0.2) is 18.2 Å². The van der Waals surface area contributed by atoms with E-state index in [4.69, 9.17) is 21.1 Å². The number of benzene rings is 1. The molecule has 0 radical (unpaired) electrons. The third kappa shape index (κ3) is 3.15. The Balaban J connectivity index is 1.59. The average molecular weight is 489 g/mol. The summed E-state index contributed by atoms with van der Waals surface area (Å²) in [6, 6.07) is 5.54. The van der Waals surface area contributed by atoms with Crippen molar-refractivity contribution in [1.82, 2.24) is 0 Å². The Kier molecular flexibility index (Phi) is 4.96. The Morgan fingerprint density at radius 3 is 2.31 bits per heavy atom. The summed E-state index contributed by atoms with van der Waals surface area (Å²) in [5.74, 6) is 2.70. The van der Waals surface area contributed by atoms with Gasteiger partial charge in [-0.05, 0) is 105 Å². The molecule has 0 spiro atoms. The van der Waals surface area contributed by atoms with E-state index in [1.54, 1.807) is 6.07 Å². The fourth-order valence-electron chi connectivity index (χ4n) is 6.11. The highest BCUT2D eigenvalue weighted by Crippen LogP contribution is 2.64. The van der Waals surface area contributed by atoms with Crippen molar-refractivity contribution in [3.63, 3.8) is 0 Å². The molecule has 0 unspecified atom stereocenters. The van der Waals surface area contributed by atoms with E-state index >= 15 is 0 Å². The number of rotatable bonds is 5. The van der Waals surface area contributed by atoms with Gasteiger partial charge in [-0.25, -0.2) is 4.79 Å². The second-order valence-electron chi connectivity index (χ2n) is 8.97. The van der Waals surface area contributed by atoms with Gasteiger partial charge in [-0.2, -0.15) is 0 Å². The molecule has 4 aliphatic rings. The third-order valence-corrected chi connectivity index (χ3v) is 8.01. The van der Waals surface area contributed by atoms with Crippen LogP contribution in [0.25, 0.3) is 0 Å². The molecule has 4 aliphatic carbocycles. The maximum absolute atomic E-state index is 13.1. The predicted molar refractivity (Wildman–Crippen MR) is 111 cm³/mol. The molecular weight excluding hydrogens is 463 g/mol. The van der Waals surface area contributed by atoms with Gasteiger partial charge in [0.1, 0.15) is 16.9 Å². The minimum Gasteiger partial charge on any atom is -0.476 e. The summed E-state index contributed by atoms with van der Waals surface area (Å²) in [6.45, 7) is 4.24. The Hall–Kier alpha value is -0.490. The third-order valence-electron chi connectivity index (χ3n) is 7.05. The Morgan fingerprint density at radius 1 is 1.19 bits per heavy atom. The SMILES string of the molecule is CC(C)(OC(=O)c1cccc(I)c1OCCl)C12CC3CC(CC(C3)C1)C2. The summed E-state index contributed by atoms with van der Waals surface area (Å²) in [5, 5.41) is 0. The highest BCUT2D eigenvalue weighted by molar-refractivity contribution is 14.1. The van der Waals surface area contributed by atoms with Crippen molar-refractivity contribution in [2.45, 2.75) is 58.0 Å². The summed E-state index contributed by atoms with van der Waals surface area (Å²) >= 11 is 7.91. The molecule has 5 rings (SSSR count). The molecule has 0 saturated heterocycles. The number of esters is 1. The molecule has 0 atom stereocenters. The van der Waals surface area contributed by atoms with Crippen molar-refractivity contribution in [2.24, 2.45) is 23.2 Å². The molecule has 0 N–H and O–H groups in total. The van der Waals surface area contributed by atoms with Crippen molar-refractivity contribution in [3.8, 4) is 5.75 Å². The highest BCUT2D eigenvalue weighted by atomic mass is 127. The van der Waals surface area contributed by atoms with Crippen LogP contribution in [0.1, 0.15) is 62.7 Å². The lowest BCUT2D eigenvalue weighted by atomic mass is 9.46. The first kappa shape index (κ1) is 18.9. The highest BCUT2D eigenvalue weighted by Gasteiger charge is 2.58. The number of alkyl halides is 1. The van der Waals surface area contributed by atoms with Crippen LogP contribution in [0, 0.1) is 26.7 Å². The summed E-state index contributed by atoms with van der Waals surface area (Å²) in [5.41, 5.74) is 0.127. The van der Waals surface area contributed by atoms with Crippen molar-refractivity contribution in [3.05, 3.63) is 27.3 Å². The summed E-state index contributed by atoms with van der Waals surface area (Å²) in [6.07, 6.45) is 7.76. The number of hydrogen-bond donors (Lipinski definition) is 0. The molecule has 26 heavy (non-hydrogen) atoms. The molecule has 0 amide bonds. The number of carbonyl (C=O) groups is 1. The van der Waals surface area contributed by atoms with E-state index in [1.807, 2.05) is 12.1 Å². The van der Waals surface area contributed by atoms with Crippen molar-refractivity contribution >= 4 is 40.2 Å². The zero-order valence-corrected chi connectivity index (χ0v) is 18.3. The Bertz CT molecular complexity index is 680. The van der Waals surface area contributed by atoms with Crippen LogP contribution in [0.3, 0.4) is 0 Å². The fraction of sp³-hybridized carbons (Fsp3) is 0.667. The van der Waals surface area contributed by atoms with Crippen LogP contribution in [-0.2, 0) is 4.74 Å². The lowest BCUT2D eigenvalue weighted by Crippen LogP contribution is -2.57. The van der Waals surface area contributed by atoms with Crippen LogP contribution in [0.2, 0.25) is 0 Å². The minimum atomic E-state index is -0.473. The first-order chi connectivity index (χ1) is 12.3. The van der Waals surface area contributed by atoms with Gasteiger partial charge in [0.15, 0.2) is 6.07 Å². The van der Waals surface area contributed by atoms with E-state index in [0.717, 1.165) is 21.3 Å². The van der Waals surface area contributed by atoms with Crippen LogP contribution < -0.4 is 4.74 Å². The number of para-hydroxylation sites is 1. The molecule has 4 fully saturated rings. The van der Waals surface area contributed by atoms with E-state index < -0.39 is 5.60 Å². The lowest BCUT2D eigenvalue weighted by molar-refractivity contribution is -0.164. The fourth-order valence-corrected chi connectivity index (χ4v) is 6.88. The van der Waals surface area contributed by atoms with Crippen molar-refractivity contribution in [2.75, 3.05) is 6.07 Å². The Labute approximate surface area is 174 Å². The van der Waals surface area contributed by atoms with Gasteiger partial charge in [0, 0.05) is 5.41 Å². The van der Waals surface area contributed by atoms with E-state index in [-0.39, 0.29) is 17.5 Å². The molecule has 4 bridgehead atoms. The van der Waals surface area contributed by atoms with Crippen molar-refractivity contribution in [1.29, 1.82) is 0 Å². The second kappa shape index (κ2) is 6.84. The quantitative estimate of drug-likeness (QED) is 0.289. The zero-order chi connectivity index (χ0) is 18.5. The monoisotopic (exact) mass is 488 g/mol. The van der Waals surface area contributed by atoms with Gasteiger partial charge in [0.2, 0.25) is 0 Å². The number of hydrogen-bond acceptors (Lipinski definition) is 3. The minimum absolute atomic E-state index is 0.0126. The van der Waals surface area contributed by atoms with E-state index in [1.165, 1.54) is 38.5 Å². The van der Waals surface area contributed by atoms with Gasteiger partial charge >= 0.3 is 5.97 Å². The molecule has 142 valence electrons. The zero-order valence-electron chi connectivity index (χ0n) is 15.4. The summed E-state index contributed by atoms with van der Waals surface area (Å²) in [4.78, 5) is 13.1. The maximum atomic E-state index is 13.1. The van der Waals surface area contributed by atoms with E-state index in [2.05, 4.69) is 36.4 Å². The number of carbonyl (C=O) groups excluding carboxylic acids is 1. The number of halogens is 2. The maximum Gasteiger partial charge on any atom is 0.342 e. The Morgan fingerprint density at radius 2 is 1.77 bits per heavy atom. The van der Waals surface area contributed by atoms with Crippen LogP contribution in [0.5, 0.6) is 5.75 Å². The predicted octanol–water partition coefficient (Wildman–Crippen LogP) is 6.02. The van der Waals surface area contributed by atoms with Gasteiger partial charge in [0.05, 0.1) is 3.57 Å². The smallest absolute Gasteiger partial charge is 0.342 e. The van der Waals surface area contributed by atoms with E-state index in [0.29, 0.717) is 11.3 Å². The lowest BCUT2D eigenvalue weighted by Gasteiger charge is -2.61. The summed E-state index contributed by atoms with van der Waals surface area (Å²) in [7, 11) is 0. The second-order valence-corrected chi connectivity index (χ2v) is 10.3. The molecular formula is C21H26ClIO3. The van der Waals surface area contributed by atoms with Crippen LogP contribution in [0.4, 0.5) is 0 Å². The molecule has 0 heterocycles. The average Bonchev–Trinajstić information content (AvgIpc) is 2.55. The molecule has 5 heteroatoms.